The number of fused-ring (bicyclic) bond motifs is 3. The molecule has 0 atom stereocenters. The Morgan fingerprint density at radius 3 is 2.45 bits per heavy atom. The monoisotopic (exact) mass is 436 g/mol. The van der Waals surface area contributed by atoms with E-state index < -0.39 is 0 Å². The molecule has 1 aliphatic carbocycles. The summed E-state index contributed by atoms with van der Waals surface area (Å²) in [5, 5.41) is 5.21. The average molecular weight is 437 g/mol. The minimum Gasteiger partial charge on any atom is -0.455 e. The second kappa shape index (κ2) is 7.06. The van der Waals surface area contributed by atoms with E-state index in [4.69, 9.17) is 4.74 Å². The van der Waals surface area contributed by atoms with Gasteiger partial charge in [-0.15, -0.1) is 0 Å². The second-order valence-electron chi connectivity index (χ2n) is 11.3. The molecule has 0 spiro atoms. The van der Waals surface area contributed by atoms with Crippen LogP contribution in [0.2, 0.25) is 0 Å². The van der Waals surface area contributed by atoms with Crippen LogP contribution in [0.15, 0.2) is 42.6 Å². The van der Waals surface area contributed by atoms with Crippen LogP contribution in [0, 0.1) is 26.2 Å². The van der Waals surface area contributed by atoms with Crippen molar-refractivity contribution in [2.75, 3.05) is 0 Å². The van der Waals surface area contributed by atoms with Crippen molar-refractivity contribution < 1.29 is 9.30 Å². The Morgan fingerprint density at radius 1 is 0.939 bits per heavy atom. The maximum absolute atomic E-state index is 6.82. The summed E-state index contributed by atoms with van der Waals surface area (Å²) in [6, 6.07) is 13.7. The molecule has 2 heterocycles. The molecule has 33 heavy (non-hydrogen) atoms. The number of aryl methyl sites for hydroxylation is 4. The van der Waals surface area contributed by atoms with Gasteiger partial charge < -0.3 is 4.74 Å². The maximum Gasteiger partial charge on any atom is 0.228 e. The molecule has 1 aliphatic heterocycles. The first-order chi connectivity index (χ1) is 15.7. The fourth-order valence-corrected chi connectivity index (χ4v) is 6.44. The standard InChI is InChI=1S/C31H34NO/c1-18-8-7-9-24-19(2)30-27(20(3)26(18)24)29-28-22(12-15-32(29)6)16-23(17-25(28)33-30)21-10-13-31(4,5)14-11-21/h7-9,12,15-17,21H,10-11,13-14H2,1-6H3/q+1. The summed E-state index contributed by atoms with van der Waals surface area (Å²) in [6.07, 6.45) is 7.36. The summed E-state index contributed by atoms with van der Waals surface area (Å²) in [7, 11) is 2.17. The number of nitrogens with zero attached hydrogens (tertiary/aromatic N) is 1. The molecule has 2 heteroatoms. The maximum atomic E-state index is 6.82. The smallest absolute Gasteiger partial charge is 0.228 e. The van der Waals surface area contributed by atoms with Crippen LogP contribution in [-0.4, -0.2) is 0 Å². The molecule has 0 bridgehead atoms. The van der Waals surface area contributed by atoms with Crippen LogP contribution in [0.25, 0.3) is 32.8 Å². The highest BCUT2D eigenvalue weighted by atomic mass is 16.5. The Labute approximate surface area is 197 Å². The van der Waals surface area contributed by atoms with Gasteiger partial charge in [0.15, 0.2) is 6.20 Å². The third-order valence-corrected chi connectivity index (χ3v) is 8.48. The number of aromatic nitrogens is 1. The van der Waals surface area contributed by atoms with Crippen molar-refractivity contribution in [2.24, 2.45) is 12.5 Å². The Morgan fingerprint density at radius 2 is 1.70 bits per heavy atom. The van der Waals surface area contributed by atoms with E-state index in [1.54, 1.807) is 0 Å². The predicted octanol–water partition coefficient (Wildman–Crippen LogP) is 8.20. The summed E-state index contributed by atoms with van der Waals surface area (Å²) in [6.45, 7) is 11.5. The van der Waals surface area contributed by atoms with Gasteiger partial charge in [0.05, 0.1) is 10.9 Å². The predicted molar refractivity (Wildman–Crippen MR) is 137 cm³/mol. The first-order valence-corrected chi connectivity index (χ1v) is 12.4. The average Bonchev–Trinajstić information content (AvgIpc) is 2.78. The number of benzene rings is 3. The van der Waals surface area contributed by atoms with Gasteiger partial charge in [0.1, 0.15) is 18.5 Å². The molecule has 2 aliphatic rings. The van der Waals surface area contributed by atoms with Crippen molar-refractivity contribution in [1.82, 2.24) is 0 Å². The van der Waals surface area contributed by atoms with E-state index in [1.165, 1.54) is 80.7 Å². The molecule has 1 aromatic heterocycles. The molecular formula is C31H34NO+. The number of hydrogen-bond acceptors (Lipinski definition) is 1. The van der Waals surface area contributed by atoms with Gasteiger partial charge in [0, 0.05) is 11.6 Å². The fourth-order valence-electron chi connectivity index (χ4n) is 6.44. The molecular weight excluding hydrogens is 402 g/mol. The van der Waals surface area contributed by atoms with Gasteiger partial charge in [0.2, 0.25) is 5.69 Å². The fraction of sp³-hybridized carbons (Fsp3) is 0.387. The van der Waals surface area contributed by atoms with E-state index in [-0.39, 0.29) is 0 Å². The van der Waals surface area contributed by atoms with Crippen LogP contribution in [-0.2, 0) is 7.05 Å². The molecule has 6 rings (SSSR count). The van der Waals surface area contributed by atoms with Gasteiger partial charge >= 0.3 is 0 Å². The van der Waals surface area contributed by atoms with Crippen LogP contribution < -0.4 is 9.30 Å². The minimum absolute atomic E-state index is 0.478. The van der Waals surface area contributed by atoms with Crippen LogP contribution in [0.3, 0.4) is 0 Å². The van der Waals surface area contributed by atoms with Gasteiger partial charge in [0.25, 0.3) is 0 Å². The van der Waals surface area contributed by atoms with Crippen molar-refractivity contribution in [1.29, 1.82) is 0 Å². The molecule has 0 radical (unpaired) electrons. The first-order valence-electron chi connectivity index (χ1n) is 12.4. The molecule has 0 unspecified atom stereocenters. The Bertz CT molecular complexity index is 1450. The lowest BCUT2D eigenvalue weighted by molar-refractivity contribution is -0.659. The van der Waals surface area contributed by atoms with Crippen molar-refractivity contribution in [2.45, 2.75) is 66.2 Å². The molecule has 2 nitrogen and oxygen atoms in total. The second-order valence-corrected chi connectivity index (χ2v) is 11.3. The summed E-state index contributed by atoms with van der Waals surface area (Å²) in [4.78, 5) is 0. The SMILES string of the molecule is Cc1c2c(c(C)c3c(C)cccc13)-c1c3c(cc(C4CCC(C)(C)CC4)cc3cc[n+]1C)O2. The van der Waals surface area contributed by atoms with E-state index in [9.17, 15) is 0 Å². The molecule has 3 aromatic carbocycles. The highest BCUT2D eigenvalue weighted by Crippen LogP contribution is 2.52. The van der Waals surface area contributed by atoms with E-state index >= 15 is 0 Å². The van der Waals surface area contributed by atoms with Crippen LogP contribution >= 0.6 is 0 Å². The van der Waals surface area contributed by atoms with Gasteiger partial charge in [-0.1, -0.05) is 38.1 Å². The quantitative estimate of drug-likeness (QED) is 0.241. The topological polar surface area (TPSA) is 13.1 Å². The number of hydrogen-bond donors (Lipinski definition) is 0. The van der Waals surface area contributed by atoms with Crippen LogP contribution in [0.5, 0.6) is 11.5 Å². The lowest BCUT2D eigenvalue weighted by atomic mass is 9.71. The molecule has 0 saturated heterocycles. The third-order valence-electron chi connectivity index (χ3n) is 8.48. The largest absolute Gasteiger partial charge is 0.455 e. The summed E-state index contributed by atoms with van der Waals surface area (Å²) in [5.41, 5.74) is 8.34. The number of pyridine rings is 1. The normalized spacial score (nSPS) is 17.3. The van der Waals surface area contributed by atoms with Crippen molar-refractivity contribution in [3.05, 3.63) is 64.8 Å². The highest BCUT2D eigenvalue weighted by molar-refractivity contribution is 6.07. The van der Waals surface area contributed by atoms with Gasteiger partial charge in [-0.25, -0.2) is 4.57 Å². The van der Waals surface area contributed by atoms with E-state index in [0.29, 0.717) is 11.3 Å². The summed E-state index contributed by atoms with van der Waals surface area (Å²) >= 11 is 0. The highest BCUT2D eigenvalue weighted by Gasteiger charge is 2.34. The molecule has 1 saturated carbocycles. The van der Waals surface area contributed by atoms with Crippen molar-refractivity contribution >= 4 is 21.5 Å². The number of ether oxygens (including phenoxy) is 1. The first kappa shape index (κ1) is 20.7. The molecule has 4 aromatic rings. The lowest BCUT2D eigenvalue weighted by Gasteiger charge is -2.35. The zero-order chi connectivity index (χ0) is 23.1. The van der Waals surface area contributed by atoms with Crippen molar-refractivity contribution in [3.63, 3.8) is 0 Å². The van der Waals surface area contributed by atoms with Gasteiger partial charge in [-0.3, -0.25) is 0 Å². The summed E-state index contributed by atoms with van der Waals surface area (Å²) in [5.74, 6) is 2.69. The third kappa shape index (κ3) is 3.03. The molecule has 1 fully saturated rings. The van der Waals surface area contributed by atoms with Crippen LogP contribution in [0.1, 0.15) is 67.7 Å². The lowest BCUT2D eigenvalue weighted by Crippen LogP contribution is -2.32. The van der Waals surface area contributed by atoms with Gasteiger partial charge in [-0.05, 0) is 96.7 Å². The zero-order valence-electron chi connectivity index (χ0n) is 20.8. The molecule has 0 N–H and O–H groups in total. The zero-order valence-corrected chi connectivity index (χ0v) is 20.8. The molecule has 0 amide bonds. The Hall–Kier alpha value is -2.87. The van der Waals surface area contributed by atoms with E-state index in [1.807, 2.05) is 0 Å². The number of rotatable bonds is 1. The van der Waals surface area contributed by atoms with Gasteiger partial charge in [-0.2, -0.15) is 0 Å². The Balaban J connectivity index is 1.61. The summed E-state index contributed by atoms with van der Waals surface area (Å²) < 4.78 is 9.11. The minimum atomic E-state index is 0.478. The van der Waals surface area contributed by atoms with E-state index in [0.717, 1.165) is 11.5 Å². The van der Waals surface area contributed by atoms with Crippen LogP contribution in [0.4, 0.5) is 0 Å². The Kier molecular flexibility index (Phi) is 4.43. The molecule has 168 valence electrons. The van der Waals surface area contributed by atoms with E-state index in [2.05, 4.69) is 88.8 Å². The van der Waals surface area contributed by atoms with Crippen molar-refractivity contribution in [3.8, 4) is 22.8 Å².